The lowest BCUT2D eigenvalue weighted by molar-refractivity contribution is 0.589. The molecule has 15 heavy (non-hydrogen) atoms. The number of rotatable bonds is 1. The maximum atomic E-state index is 4.57. The van der Waals surface area contributed by atoms with Gasteiger partial charge in [-0.05, 0) is 29.5 Å². The van der Waals surface area contributed by atoms with Crippen LogP contribution in [0.2, 0.25) is 0 Å². The number of hydrogen-bond donors (Lipinski definition) is 0. The van der Waals surface area contributed by atoms with Gasteiger partial charge in [-0.1, -0.05) is 27.7 Å². The minimum Gasteiger partial charge on any atom is -0.307 e. The Morgan fingerprint density at radius 3 is 2.67 bits per heavy atom. The van der Waals surface area contributed by atoms with E-state index in [2.05, 4.69) is 61.6 Å². The molecule has 0 atom stereocenters. The fourth-order valence-electron chi connectivity index (χ4n) is 1.67. The zero-order valence-corrected chi connectivity index (χ0v) is 9.91. The van der Waals surface area contributed by atoms with Gasteiger partial charge in [-0.15, -0.1) is 0 Å². The van der Waals surface area contributed by atoms with Crippen LogP contribution in [0.1, 0.15) is 39.0 Å². The average molecular weight is 202 g/mol. The molecule has 0 aliphatic carbocycles. The van der Waals surface area contributed by atoms with E-state index in [-0.39, 0.29) is 5.41 Å². The van der Waals surface area contributed by atoms with E-state index in [9.17, 15) is 0 Å². The van der Waals surface area contributed by atoms with E-state index in [1.807, 2.05) is 0 Å². The fraction of sp³-hybridized carbons (Fsp3) is 0.462. The molecule has 0 aliphatic heterocycles. The predicted octanol–water partition coefficient (Wildman–Crippen LogP) is 3.19. The average Bonchev–Trinajstić information content (AvgIpc) is 2.57. The molecular weight excluding hydrogens is 184 g/mol. The zero-order valence-electron chi connectivity index (χ0n) is 9.91. The van der Waals surface area contributed by atoms with Crippen LogP contribution in [0.5, 0.6) is 0 Å². The molecule has 0 unspecified atom stereocenters. The summed E-state index contributed by atoms with van der Waals surface area (Å²) in [6.45, 7) is 8.81. The van der Waals surface area contributed by atoms with Crippen molar-refractivity contribution in [2.24, 2.45) is 0 Å². The highest BCUT2D eigenvalue weighted by molar-refractivity contribution is 5.44. The molecule has 2 nitrogen and oxygen atoms in total. The van der Waals surface area contributed by atoms with Gasteiger partial charge in [-0.2, -0.15) is 0 Å². The van der Waals surface area contributed by atoms with Crippen molar-refractivity contribution in [1.82, 2.24) is 9.38 Å². The molecule has 2 aromatic heterocycles. The molecule has 0 fully saturated rings. The summed E-state index contributed by atoms with van der Waals surface area (Å²) < 4.78 is 2.09. The molecule has 2 heteroatoms. The van der Waals surface area contributed by atoms with E-state index in [0.29, 0.717) is 0 Å². The minimum atomic E-state index is 0.195. The molecule has 0 N–H and O–H groups in total. The molecule has 0 radical (unpaired) electrons. The Bertz CT molecular complexity index is 475. The summed E-state index contributed by atoms with van der Waals surface area (Å²) in [5.41, 5.74) is 3.74. The summed E-state index contributed by atoms with van der Waals surface area (Å²) >= 11 is 0. The van der Waals surface area contributed by atoms with Gasteiger partial charge in [0.05, 0.1) is 5.69 Å². The SMILES string of the molecule is CCc1cn2ccc(C(C)(C)C)cc2n1. The van der Waals surface area contributed by atoms with E-state index < -0.39 is 0 Å². The van der Waals surface area contributed by atoms with Crippen molar-refractivity contribution in [3.63, 3.8) is 0 Å². The Kier molecular flexibility index (Phi) is 2.29. The standard InChI is InChI=1S/C13H18N2/c1-5-11-9-15-7-6-10(13(2,3)4)8-12(15)14-11/h6-9H,5H2,1-4H3. The van der Waals surface area contributed by atoms with Crippen molar-refractivity contribution in [2.45, 2.75) is 39.5 Å². The Labute approximate surface area is 91.0 Å². The van der Waals surface area contributed by atoms with Crippen molar-refractivity contribution >= 4 is 5.65 Å². The number of pyridine rings is 1. The first kappa shape index (κ1) is 10.2. The van der Waals surface area contributed by atoms with Crippen LogP contribution in [0.15, 0.2) is 24.5 Å². The highest BCUT2D eigenvalue weighted by Gasteiger charge is 2.14. The molecule has 0 spiro atoms. The fourth-order valence-corrected chi connectivity index (χ4v) is 1.67. The second-order valence-electron chi connectivity index (χ2n) is 5.02. The van der Waals surface area contributed by atoms with Crippen LogP contribution in [-0.4, -0.2) is 9.38 Å². The van der Waals surface area contributed by atoms with Crippen LogP contribution in [0.4, 0.5) is 0 Å². The second kappa shape index (κ2) is 3.37. The van der Waals surface area contributed by atoms with Gasteiger partial charge in [0, 0.05) is 12.4 Å². The van der Waals surface area contributed by atoms with Crippen molar-refractivity contribution in [3.05, 3.63) is 35.8 Å². The topological polar surface area (TPSA) is 17.3 Å². The van der Waals surface area contributed by atoms with Crippen LogP contribution >= 0.6 is 0 Å². The Balaban J connectivity index is 2.55. The summed E-state index contributed by atoms with van der Waals surface area (Å²) in [7, 11) is 0. The lowest BCUT2D eigenvalue weighted by Crippen LogP contribution is -2.11. The minimum absolute atomic E-state index is 0.195. The monoisotopic (exact) mass is 202 g/mol. The summed E-state index contributed by atoms with van der Waals surface area (Å²) in [6.07, 6.45) is 5.19. The Morgan fingerprint density at radius 2 is 2.07 bits per heavy atom. The molecule has 2 aromatic rings. The molecule has 0 amide bonds. The summed E-state index contributed by atoms with van der Waals surface area (Å²) in [5.74, 6) is 0. The third kappa shape index (κ3) is 1.89. The molecule has 0 aromatic carbocycles. The van der Waals surface area contributed by atoms with Crippen LogP contribution in [0.25, 0.3) is 5.65 Å². The molecule has 0 bridgehead atoms. The van der Waals surface area contributed by atoms with Crippen LogP contribution in [-0.2, 0) is 11.8 Å². The van der Waals surface area contributed by atoms with Gasteiger partial charge in [0.2, 0.25) is 0 Å². The lowest BCUT2D eigenvalue weighted by atomic mass is 9.88. The van der Waals surface area contributed by atoms with Gasteiger partial charge in [0.25, 0.3) is 0 Å². The highest BCUT2D eigenvalue weighted by Crippen LogP contribution is 2.23. The normalized spacial score (nSPS) is 12.3. The molecule has 2 heterocycles. The number of hydrogen-bond acceptors (Lipinski definition) is 1. The number of nitrogens with zero attached hydrogens (tertiary/aromatic N) is 2. The first-order valence-corrected chi connectivity index (χ1v) is 5.49. The van der Waals surface area contributed by atoms with Gasteiger partial charge < -0.3 is 4.40 Å². The van der Waals surface area contributed by atoms with Crippen molar-refractivity contribution < 1.29 is 0 Å². The van der Waals surface area contributed by atoms with Gasteiger partial charge in [0.15, 0.2) is 0 Å². The van der Waals surface area contributed by atoms with Crippen molar-refractivity contribution in [2.75, 3.05) is 0 Å². The maximum absolute atomic E-state index is 4.57. The number of fused-ring (bicyclic) bond motifs is 1. The summed E-state index contributed by atoms with van der Waals surface area (Å²) in [5, 5.41) is 0. The van der Waals surface area contributed by atoms with E-state index in [1.165, 1.54) is 5.56 Å². The van der Waals surface area contributed by atoms with Gasteiger partial charge in [-0.3, -0.25) is 0 Å². The van der Waals surface area contributed by atoms with Crippen molar-refractivity contribution in [1.29, 1.82) is 0 Å². The first-order valence-electron chi connectivity index (χ1n) is 5.49. The molecule has 2 rings (SSSR count). The zero-order chi connectivity index (χ0) is 11.1. The smallest absolute Gasteiger partial charge is 0.137 e. The van der Waals surface area contributed by atoms with E-state index in [4.69, 9.17) is 0 Å². The maximum Gasteiger partial charge on any atom is 0.137 e. The number of aromatic nitrogens is 2. The van der Waals surface area contributed by atoms with Gasteiger partial charge in [0.1, 0.15) is 5.65 Å². The first-order chi connectivity index (χ1) is 7.00. The van der Waals surface area contributed by atoms with E-state index >= 15 is 0 Å². The van der Waals surface area contributed by atoms with Crippen molar-refractivity contribution in [3.8, 4) is 0 Å². The van der Waals surface area contributed by atoms with E-state index in [0.717, 1.165) is 17.8 Å². The summed E-state index contributed by atoms with van der Waals surface area (Å²) in [6, 6.07) is 4.35. The van der Waals surface area contributed by atoms with E-state index in [1.54, 1.807) is 0 Å². The molecule has 0 saturated heterocycles. The molecule has 0 saturated carbocycles. The van der Waals surface area contributed by atoms with Gasteiger partial charge in [-0.25, -0.2) is 4.98 Å². The highest BCUT2D eigenvalue weighted by atomic mass is 15.0. The summed E-state index contributed by atoms with van der Waals surface area (Å²) in [4.78, 5) is 4.57. The molecule has 80 valence electrons. The van der Waals surface area contributed by atoms with Crippen LogP contribution in [0, 0.1) is 0 Å². The third-order valence-corrected chi connectivity index (χ3v) is 2.74. The quantitative estimate of drug-likeness (QED) is 0.694. The molecular formula is C13H18N2. The number of aryl methyl sites for hydroxylation is 1. The number of imidazole rings is 1. The molecule has 0 aliphatic rings. The largest absolute Gasteiger partial charge is 0.307 e. The van der Waals surface area contributed by atoms with Gasteiger partial charge >= 0.3 is 0 Å². The van der Waals surface area contributed by atoms with Crippen LogP contribution < -0.4 is 0 Å². The Morgan fingerprint density at radius 1 is 1.33 bits per heavy atom. The Hall–Kier alpha value is -1.31. The second-order valence-corrected chi connectivity index (χ2v) is 5.02. The third-order valence-electron chi connectivity index (χ3n) is 2.74. The van der Waals surface area contributed by atoms with Crippen LogP contribution in [0.3, 0.4) is 0 Å². The lowest BCUT2D eigenvalue weighted by Gasteiger charge is -2.18. The predicted molar refractivity (Wildman–Crippen MR) is 63.3 cm³/mol.